The van der Waals surface area contributed by atoms with Crippen molar-refractivity contribution in [2.24, 2.45) is 0 Å². The minimum atomic E-state index is 0.0182. The summed E-state index contributed by atoms with van der Waals surface area (Å²) in [5.41, 5.74) is 7.04. The van der Waals surface area contributed by atoms with E-state index in [0.29, 0.717) is 11.4 Å². The summed E-state index contributed by atoms with van der Waals surface area (Å²) in [6.07, 6.45) is 0. The first kappa shape index (κ1) is 12.9. The predicted octanol–water partition coefficient (Wildman–Crippen LogP) is 2.74. The Kier molecular flexibility index (Phi) is 4.24. The highest BCUT2D eigenvalue weighted by atomic mass is 32.2. The monoisotopic (exact) mass is 238 g/mol. The summed E-state index contributed by atoms with van der Waals surface area (Å²) in [5, 5.41) is 2.83. The van der Waals surface area contributed by atoms with Crippen molar-refractivity contribution < 1.29 is 4.79 Å². The number of carbonyl (C=O) groups excluding carboxylic acids is 1. The van der Waals surface area contributed by atoms with Crippen LogP contribution in [-0.4, -0.2) is 16.4 Å². The number of thioether (sulfide) groups is 1. The van der Waals surface area contributed by atoms with Crippen LogP contribution in [0.25, 0.3) is 0 Å². The van der Waals surface area contributed by atoms with Crippen LogP contribution in [0.3, 0.4) is 0 Å². The number of anilines is 2. The van der Waals surface area contributed by atoms with Gasteiger partial charge in [-0.2, -0.15) is 0 Å². The fourth-order valence-electron chi connectivity index (χ4n) is 1.05. The van der Waals surface area contributed by atoms with E-state index in [1.54, 1.807) is 36.0 Å². The van der Waals surface area contributed by atoms with E-state index in [2.05, 4.69) is 26.1 Å². The van der Waals surface area contributed by atoms with Crippen molar-refractivity contribution in [3.8, 4) is 0 Å². The molecule has 1 aromatic rings. The molecule has 0 radical (unpaired) electrons. The van der Waals surface area contributed by atoms with Crippen LogP contribution >= 0.6 is 11.8 Å². The summed E-state index contributed by atoms with van der Waals surface area (Å²) >= 11 is 1.63. The first-order chi connectivity index (χ1) is 7.37. The summed E-state index contributed by atoms with van der Waals surface area (Å²) in [6.45, 7) is 6.27. The zero-order valence-electron chi connectivity index (χ0n) is 9.91. The summed E-state index contributed by atoms with van der Waals surface area (Å²) < 4.78 is 0.110. The van der Waals surface area contributed by atoms with Gasteiger partial charge in [-0.15, -0.1) is 11.8 Å². The lowest BCUT2D eigenvalue weighted by Crippen LogP contribution is -2.18. The maximum absolute atomic E-state index is 11.6. The quantitative estimate of drug-likeness (QED) is 0.796. The molecule has 1 aromatic carbocycles. The average molecular weight is 238 g/mol. The number of hydrogen-bond acceptors (Lipinski definition) is 3. The first-order valence-corrected chi connectivity index (χ1v) is 6.15. The summed E-state index contributed by atoms with van der Waals surface area (Å²) in [6, 6.07) is 7.14. The van der Waals surface area contributed by atoms with Crippen molar-refractivity contribution in [1.29, 1.82) is 0 Å². The van der Waals surface area contributed by atoms with Crippen LogP contribution in [0.4, 0.5) is 11.4 Å². The van der Waals surface area contributed by atoms with E-state index >= 15 is 0 Å². The molecule has 0 atom stereocenters. The Morgan fingerprint density at radius 2 is 1.88 bits per heavy atom. The molecule has 0 unspecified atom stereocenters. The van der Waals surface area contributed by atoms with Gasteiger partial charge in [-0.25, -0.2) is 0 Å². The molecule has 3 nitrogen and oxygen atoms in total. The predicted molar refractivity (Wildman–Crippen MR) is 71.7 cm³/mol. The van der Waals surface area contributed by atoms with E-state index in [1.165, 1.54) is 0 Å². The lowest BCUT2D eigenvalue weighted by atomic mass is 10.3. The van der Waals surface area contributed by atoms with E-state index in [1.807, 2.05) is 0 Å². The van der Waals surface area contributed by atoms with E-state index in [-0.39, 0.29) is 10.7 Å². The van der Waals surface area contributed by atoms with Gasteiger partial charge in [0.25, 0.3) is 0 Å². The maximum atomic E-state index is 11.6. The van der Waals surface area contributed by atoms with Crippen LogP contribution in [0.5, 0.6) is 0 Å². The van der Waals surface area contributed by atoms with Gasteiger partial charge in [0.2, 0.25) is 5.91 Å². The van der Waals surface area contributed by atoms with E-state index in [9.17, 15) is 4.79 Å². The van der Waals surface area contributed by atoms with Gasteiger partial charge in [0.1, 0.15) is 0 Å². The SMILES string of the molecule is CC(C)(C)SCC(=O)Nc1ccc(N)cc1. The molecule has 0 aliphatic heterocycles. The number of nitrogens with one attached hydrogen (secondary N) is 1. The van der Waals surface area contributed by atoms with E-state index < -0.39 is 0 Å². The lowest BCUT2D eigenvalue weighted by Gasteiger charge is -2.16. The largest absolute Gasteiger partial charge is 0.399 e. The molecule has 0 aliphatic carbocycles. The van der Waals surface area contributed by atoms with Crippen molar-refractivity contribution in [2.75, 3.05) is 16.8 Å². The van der Waals surface area contributed by atoms with Gasteiger partial charge >= 0.3 is 0 Å². The molecule has 0 aromatic heterocycles. The molecule has 0 bridgehead atoms. The molecule has 0 fully saturated rings. The topological polar surface area (TPSA) is 55.1 Å². The molecular formula is C12H18N2OS. The second kappa shape index (κ2) is 5.25. The van der Waals surface area contributed by atoms with Gasteiger partial charge in [0.15, 0.2) is 0 Å². The second-order valence-corrected chi connectivity index (χ2v) is 6.37. The Morgan fingerprint density at radius 1 is 1.31 bits per heavy atom. The van der Waals surface area contributed by atoms with Crippen LogP contribution < -0.4 is 11.1 Å². The Balaban J connectivity index is 2.43. The smallest absolute Gasteiger partial charge is 0.234 e. The molecule has 4 heteroatoms. The van der Waals surface area contributed by atoms with Crippen molar-refractivity contribution in [3.05, 3.63) is 24.3 Å². The number of benzene rings is 1. The number of carbonyl (C=O) groups is 1. The van der Waals surface area contributed by atoms with Crippen LogP contribution in [0.15, 0.2) is 24.3 Å². The van der Waals surface area contributed by atoms with E-state index in [4.69, 9.17) is 5.73 Å². The van der Waals surface area contributed by atoms with Crippen molar-refractivity contribution in [2.45, 2.75) is 25.5 Å². The van der Waals surface area contributed by atoms with Crippen LogP contribution in [0, 0.1) is 0 Å². The third kappa shape index (κ3) is 5.07. The van der Waals surface area contributed by atoms with Gasteiger partial charge in [-0.1, -0.05) is 20.8 Å². The van der Waals surface area contributed by atoms with Crippen molar-refractivity contribution in [1.82, 2.24) is 0 Å². The molecule has 1 rings (SSSR count). The maximum Gasteiger partial charge on any atom is 0.234 e. The molecule has 0 saturated carbocycles. The molecule has 0 spiro atoms. The Labute approximate surface area is 101 Å². The average Bonchev–Trinajstić information content (AvgIpc) is 2.18. The number of hydrogen-bond donors (Lipinski definition) is 2. The fraction of sp³-hybridized carbons (Fsp3) is 0.417. The Hall–Kier alpha value is -1.16. The second-order valence-electron chi connectivity index (χ2n) is 4.57. The molecule has 88 valence electrons. The molecule has 16 heavy (non-hydrogen) atoms. The number of nitrogens with two attached hydrogens (primary N) is 1. The van der Waals surface area contributed by atoms with Gasteiger partial charge < -0.3 is 11.1 Å². The summed E-state index contributed by atoms with van der Waals surface area (Å²) in [7, 11) is 0. The number of rotatable bonds is 3. The highest BCUT2D eigenvalue weighted by Gasteiger charge is 2.13. The zero-order chi connectivity index (χ0) is 12.2. The number of nitrogen functional groups attached to an aromatic ring is 1. The van der Waals surface area contributed by atoms with Gasteiger partial charge in [0, 0.05) is 16.1 Å². The molecule has 0 heterocycles. The molecule has 0 saturated heterocycles. The summed E-state index contributed by atoms with van der Waals surface area (Å²) in [5.74, 6) is 0.484. The number of amides is 1. The minimum Gasteiger partial charge on any atom is -0.399 e. The molecule has 0 aliphatic rings. The molecule has 3 N–H and O–H groups in total. The summed E-state index contributed by atoms with van der Waals surface area (Å²) in [4.78, 5) is 11.6. The van der Waals surface area contributed by atoms with E-state index in [0.717, 1.165) is 5.69 Å². The minimum absolute atomic E-state index is 0.0182. The Bertz CT molecular complexity index is 354. The zero-order valence-corrected chi connectivity index (χ0v) is 10.7. The fourth-order valence-corrected chi connectivity index (χ4v) is 1.68. The molecular weight excluding hydrogens is 220 g/mol. The van der Waals surface area contributed by atoms with Crippen molar-refractivity contribution in [3.63, 3.8) is 0 Å². The van der Waals surface area contributed by atoms with Crippen LogP contribution in [0.1, 0.15) is 20.8 Å². The third-order valence-corrected chi connectivity index (χ3v) is 3.10. The highest BCUT2D eigenvalue weighted by Crippen LogP contribution is 2.23. The normalized spacial score (nSPS) is 11.2. The lowest BCUT2D eigenvalue weighted by molar-refractivity contribution is -0.113. The third-order valence-electron chi connectivity index (χ3n) is 1.83. The van der Waals surface area contributed by atoms with Crippen LogP contribution in [-0.2, 0) is 4.79 Å². The first-order valence-electron chi connectivity index (χ1n) is 5.16. The standard InChI is InChI=1S/C12H18N2OS/c1-12(2,3)16-8-11(15)14-10-6-4-9(13)5-7-10/h4-7H,8,13H2,1-3H3,(H,14,15). The Morgan fingerprint density at radius 3 is 2.38 bits per heavy atom. The van der Waals surface area contributed by atoms with Gasteiger partial charge in [-0.05, 0) is 24.3 Å². The van der Waals surface area contributed by atoms with Gasteiger partial charge in [0.05, 0.1) is 5.75 Å². The van der Waals surface area contributed by atoms with Crippen molar-refractivity contribution >= 4 is 29.0 Å². The van der Waals surface area contributed by atoms with Gasteiger partial charge in [-0.3, -0.25) is 4.79 Å². The highest BCUT2D eigenvalue weighted by molar-refractivity contribution is 8.01. The van der Waals surface area contributed by atoms with Crippen LogP contribution in [0.2, 0.25) is 0 Å². The molecule has 1 amide bonds.